The molecule has 5 nitrogen and oxygen atoms in total. The predicted molar refractivity (Wildman–Crippen MR) is 91.9 cm³/mol. The third-order valence-electron chi connectivity index (χ3n) is 4.00. The molecule has 0 aliphatic heterocycles. The van der Waals surface area contributed by atoms with Crippen LogP contribution in [-0.4, -0.2) is 24.6 Å². The molecule has 4 heterocycles. The largest absolute Gasteiger partial charge is 0.252 e. The highest BCUT2D eigenvalue weighted by molar-refractivity contribution is 7.16. The maximum atomic E-state index is 4.55. The van der Waals surface area contributed by atoms with Crippen molar-refractivity contribution >= 4 is 27.3 Å². The predicted octanol–water partition coefficient (Wildman–Crippen LogP) is 3.64. The molecule has 0 fully saturated rings. The lowest BCUT2D eigenvalue weighted by molar-refractivity contribution is 0.754. The number of aryl methyl sites for hydroxylation is 2. The van der Waals surface area contributed by atoms with Gasteiger partial charge in [0.05, 0.1) is 18.1 Å². The lowest BCUT2D eigenvalue weighted by Gasteiger charge is -2.05. The van der Waals surface area contributed by atoms with E-state index < -0.39 is 0 Å². The van der Waals surface area contributed by atoms with Gasteiger partial charge in [-0.3, -0.25) is 4.98 Å². The molecule has 0 aliphatic carbocycles. The van der Waals surface area contributed by atoms with Crippen LogP contribution in [0.3, 0.4) is 0 Å². The Labute approximate surface area is 138 Å². The molecule has 4 aromatic rings. The van der Waals surface area contributed by atoms with Gasteiger partial charge in [0.25, 0.3) is 0 Å². The molecule has 0 saturated carbocycles. The number of aromatic nitrogens is 5. The molecular formula is C17H17N5S. The van der Waals surface area contributed by atoms with Gasteiger partial charge in [-0.1, -0.05) is 13.8 Å². The van der Waals surface area contributed by atoms with Crippen LogP contribution in [0, 0.1) is 0 Å². The fourth-order valence-electron chi connectivity index (χ4n) is 2.73. The normalized spacial score (nSPS) is 11.8. The SMILES string of the molecule is CC(C)c1cnc2cc(CCc3csc4nccnc34)cnn12. The molecule has 0 amide bonds. The van der Waals surface area contributed by atoms with E-state index in [1.54, 1.807) is 23.7 Å². The summed E-state index contributed by atoms with van der Waals surface area (Å²) in [5, 5.41) is 6.71. The number of fused-ring (bicyclic) bond motifs is 2. The molecule has 0 N–H and O–H groups in total. The first-order valence-corrected chi connectivity index (χ1v) is 8.60. The lowest BCUT2D eigenvalue weighted by atomic mass is 10.1. The molecule has 0 unspecified atom stereocenters. The minimum Gasteiger partial charge on any atom is -0.252 e. The van der Waals surface area contributed by atoms with Gasteiger partial charge in [0.1, 0.15) is 10.3 Å². The van der Waals surface area contributed by atoms with Crippen LogP contribution in [-0.2, 0) is 12.8 Å². The number of thiophene rings is 1. The first kappa shape index (κ1) is 14.3. The van der Waals surface area contributed by atoms with Gasteiger partial charge in [-0.2, -0.15) is 5.10 Å². The van der Waals surface area contributed by atoms with Gasteiger partial charge in [-0.15, -0.1) is 11.3 Å². The topological polar surface area (TPSA) is 56.0 Å². The van der Waals surface area contributed by atoms with Crippen molar-refractivity contribution in [3.63, 3.8) is 0 Å². The first-order chi connectivity index (χ1) is 11.2. The van der Waals surface area contributed by atoms with Gasteiger partial charge in [0.2, 0.25) is 0 Å². The summed E-state index contributed by atoms with van der Waals surface area (Å²) in [7, 11) is 0. The summed E-state index contributed by atoms with van der Waals surface area (Å²) >= 11 is 1.65. The van der Waals surface area contributed by atoms with E-state index in [4.69, 9.17) is 0 Å². The van der Waals surface area contributed by atoms with E-state index in [0.717, 1.165) is 34.5 Å². The summed E-state index contributed by atoms with van der Waals surface area (Å²) in [5.41, 5.74) is 5.53. The van der Waals surface area contributed by atoms with Crippen molar-refractivity contribution in [3.8, 4) is 0 Å². The van der Waals surface area contributed by atoms with Gasteiger partial charge >= 0.3 is 0 Å². The van der Waals surface area contributed by atoms with Crippen molar-refractivity contribution in [3.05, 3.63) is 53.1 Å². The zero-order chi connectivity index (χ0) is 15.8. The molecule has 0 radical (unpaired) electrons. The highest BCUT2D eigenvalue weighted by atomic mass is 32.1. The van der Waals surface area contributed by atoms with Crippen LogP contribution < -0.4 is 0 Å². The van der Waals surface area contributed by atoms with Crippen molar-refractivity contribution < 1.29 is 0 Å². The van der Waals surface area contributed by atoms with Crippen molar-refractivity contribution in [1.29, 1.82) is 0 Å². The maximum Gasteiger partial charge on any atom is 0.154 e. The second-order valence-corrected chi connectivity index (χ2v) is 6.80. The second kappa shape index (κ2) is 5.70. The summed E-state index contributed by atoms with van der Waals surface area (Å²) in [6.45, 7) is 4.31. The van der Waals surface area contributed by atoms with Gasteiger partial charge in [-0.25, -0.2) is 14.5 Å². The third kappa shape index (κ3) is 2.59. The molecule has 0 spiro atoms. The Kier molecular flexibility index (Phi) is 3.53. The summed E-state index contributed by atoms with van der Waals surface area (Å²) < 4.78 is 1.93. The third-order valence-corrected chi connectivity index (χ3v) is 4.92. The summed E-state index contributed by atoms with van der Waals surface area (Å²) in [5.74, 6) is 0.416. The molecule has 23 heavy (non-hydrogen) atoms. The van der Waals surface area contributed by atoms with Crippen LogP contribution in [0.1, 0.15) is 36.6 Å². The Morgan fingerprint density at radius 1 is 1.09 bits per heavy atom. The van der Waals surface area contributed by atoms with Crippen LogP contribution in [0.2, 0.25) is 0 Å². The Hall–Kier alpha value is -2.34. The minimum atomic E-state index is 0.416. The van der Waals surface area contributed by atoms with E-state index in [0.29, 0.717) is 5.92 Å². The van der Waals surface area contributed by atoms with Crippen molar-refractivity contribution in [1.82, 2.24) is 24.6 Å². The Morgan fingerprint density at radius 2 is 1.96 bits per heavy atom. The van der Waals surface area contributed by atoms with E-state index in [9.17, 15) is 0 Å². The van der Waals surface area contributed by atoms with E-state index >= 15 is 0 Å². The van der Waals surface area contributed by atoms with Crippen molar-refractivity contribution in [2.75, 3.05) is 0 Å². The zero-order valence-corrected chi connectivity index (χ0v) is 13.9. The molecule has 4 aromatic heterocycles. The van der Waals surface area contributed by atoms with E-state index in [1.165, 1.54) is 11.1 Å². The molecule has 116 valence electrons. The monoisotopic (exact) mass is 323 g/mol. The van der Waals surface area contributed by atoms with Crippen LogP contribution in [0.15, 0.2) is 36.2 Å². The maximum absolute atomic E-state index is 4.55. The van der Waals surface area contributed by atoms with Gasteiger partial charge in [0, 0.05) is 12.4 Å². The van der Waals surface area contributed by atoms with E-state index in [1.807, 2.05) is 16.9 Å². The number of hydrogen-bond donors (Lipinski definition) is 0. The standard InChI is InChI=1S/C17H17N5S/c1-11(2)14-9-20-15-7-12(8-21-22(14)15)3-4-13-10-23-17-16(13)18-5-6-19-17/h5-11H,3-4H2,1-2H3. The van der Waals surface area contributed by atoms with Gasteiger partial charge < -0.3 is 0 Å². The van der Waals surface area contributed by atoms with Crippen LogP contribution in [0.25, 0.3) is 16.0 Å². The van der Waals surface area contributed by atoms with Crippen molar-refractivity contribution in [2.45, 2.75) is 32.6 Å². The van der Waals surface area contributed by atoms with Crippen LogP contribution >= 0.6 is 11.3 Å². The minimum absolute atomic E-state index is 0.416. The van der Waals surface area contributed by atoms with Crippen LogP contribution in [0.5, 0.6) is 0 Å². The van der Waals surface area contributed by atoms with Crippen LogP contribution in [0.4, 0.5) is 0 Å². The second-order valence-electron chi connectivity index (χ2n) is 5.94. The average Bonchev–Trinajstić information content (AvgIpc) is 3.16. The molecule has 0 saturated heterocycles. The van der Waals surface area contributed by atoms with Gasteiger partial charge in [-0.05, 0) is 41.3 Å². The summed E-state index contributed by atoms with van der Waals surface area (Å²) in [6, 6.07) is 2.12. The molecule has 0 aromatic carbocycles. The Morgan fingerprint density at radius 3 is 2.83 bits per heavy atom. The molecule has 0 aliphatic rings. The quantitative estimate of drug-likeness (QED) is 0.575. The van der Waals surface area contributed by atoms with Gasteiger partial charge in [0.15, 0.2) is 5.65 Å². The first-order valence-electron chi connectivity index (χ1n) is 7.72. The summed E-state index contributed by atoms with van der Waals surface area (Å²) in [4.78, 5) is 14.3. The lowest BCUT2D eigenvalue weighted by Crippen LogP contribution is -2.01. The zero-order valence-electron chi connectivity index (χ0n) is 13.1. The fraction of sp³-hybridized carbons (Fsp3) is 0.294. The molecule has 6 heteroatoms. The average molecular weight is 323 g/mol. The highest BCUT2D eigenvalue weighted by Crippen LogP contribution is 2.23. The number of imidazole rings is 1. The number of nitrogens with zero attached hydrogens (tertiary/aromatic N) is 5. The van der Waals surface area contributed by atoms with Crippen molar-refractivity contribution in [2.24, 2.45) is 0 Å². The molecule has 4 rings (SSSR count). The smallest absolute Gasteiger partial charge is 0.154 e. The molecule has 0 bridgehead atoms. The number of rotatable bonds is 4. The summed E-state index contributed by atoms with van der Waals surface area (Å²) in [6.07, 6.45) is 9.22. The Balaban J connectivity index is 1.58. The van der Waals surface area contributed by atoms with E-state index in [2.05, 4.69) is 45.3 Å². The van der Waals surface area contributed by atoms with E-state index in [-0.39, 0.29) is 0 Å². The number of hydrogen-bond acceptors (Lipinski definition) is 5. The fourth-order valence-corrected chi connectivity index (χ4v) is 3.63. The Bertz CT molecular complexity index is 969. The highest BCUT2D eigenvalue weighted by Gasteiger charge is 2.10. The molecular weight excluding hydrogens is 306 g/mol. The molecule has 0 atom stereocenters.